The highest BCUT2D eigenvalue weighted by Gasteiger charge is 2.41. The van der Waals surface area contributed by atoms with Crippen molar-refractivity contribution in [1.29, 1.82) is 0 Å². The van der Waals surface area contributed by atoms with E-state index in [9.17, 15) is 13.2 Å². The number of ether oxygens (including phenoxy) is 2. The molecule has 1 N–H and O–H groups in total. The van der Waals surface area contributed by atoms with Crippen LogP contribution in [0.5, 0.6) is 11.5 Å². The molecule has 0 amide bonds. The molecular weight excluding hydrogens is 286 g/mol. The summed E-state index contributed by atoms with van der Waals surface area (Å²) in [6.07, 6.45) is 0.851. The van der Waals surface area contributed by atoms with Crippen LogP contribution in [0.25, 0.3) is 0 Å². The van der Waals surface area contributed by atoms with Crippen molar-refractivity contribution in [2.24, 2.45) is 0 Å². The second-order valence-electron chi connectivity index (χ2n) is 4.60. The van der Waals surface area contributed by atoms with E-state index in [0.717, 1.165) is 4.31 Å². The van der Waals surface area contributed by atoms with Crippen molar-refractivity contribution in [3.63, 3.8) is 0 Å². The summed E-state index contributed by atoms with van der Waals surface area (Å²) in [6, 6.07) is 3.55. The van der Waals surface area contributed by atoms with Crippen LogP contribution in [0.4, 0.5) is 0 Å². The largest absolute Gasteiger partial charge is 0.480 e. The number of para-hydroxylation sites is 1. The lowest BCUT2D eigenvalue weighted by atomic mass is 10.2. The molecule has 0 aliphatic carbocycles. The smallest absolute Gasteiger partial charge is 0.322 e. The third kappa shape index (κ3) is 1.92. The van der Waals surface area contributed by atoms with Crippen LogP contribution in [0, 0.1) is 0 Å². The lowest BCUT2D eigenvalue weighted by Crippen LogP contribution is -2.40. The fourth-order valence-corrected chi connectivity index (χ4v) is 4.30. The highest BCUT2D eigenvalue weighted by atomic mass is 32.2. The molecule has 0 aromatic heterocycles. The minimum absolute atomic E-state index is 0.0375. The molecule has 2 aliphatic rings. The Kier molecular flexibility index (Phi) is 3.06. The summed E-state index contributed by atoms with van der Waals surface area (Å²) in [5.74, 6) is -0.614. The second kappa shape index (κ2) is 4.64. The summed E-state index contributed by atoms with van der Waals surface area (Å²) in [6.45, 7) is 0.161. The Morgan fingerprint density at radius 2 is 2.15 bits per heavy atom. The number of nitrogens with zero attached hydrogens (tertiary/aromatic N) is 1. The summed E-state index contributed by atoms with van der Waals surface area (Å²) in [7, 11) is -3.91. The molecule has 1 atom stereocenters. The fraction of sp³-hybridized carbons (Fsp3) is 0.417. The van der Waals surface area contributed by atoms with Crippen molar-refractivity contribution in [3.05, 3.63) is 18.2 Å². The van der Waals surface area contributed by atoms with E-state index in [2.05, 4.69) is 0 Å². The van der Waals surface area contributed by atoms with E-state index in [4.69, 9.17) is 14.6 Å². The van der Waals surface area contributed by atoms with Crippen LogP contribution in [0.3, 0.4) is 0 Å². The molecule has 0 radical (unpaired) electrons. The summed E-state index contributed by atoms with van der Waals surface area (Å²) in [5, 5.41) is 9.13. The second-order valence-corrected chi connectivity index (χ2v) is 6.46. The van der Waals surface area contributed by atoms with Crippen LogP contribution in [-0.4, -0.2) is 43.2 Å². The third-order valence-electron chi connectivity index (χ3n) is 3.44. The number of carboxylic acids is 1. The summed E-state index contributed by atoms with van der Waals surface area (Å²) in [5.41, 5.74) is 0. The minimum Gasteiger partial charge on any atom is -0.480 e. The average Bonchev–Trinajstić information content (AvgIpc) is 3.06. The van der Waals surface area contributed by atoms with Gasteiger partial charge in [0.25, 0.3) is 0 Å². The van der Waals surface area contributed by atoms with Gasteiger partial charge in [-0.25, -0.2) is 8.42 Å². The number of benzene rings is 1. The average molecular weight is 299 g/mol. The van der Waals surface area contributed by atoms with E-state index < -0.39 is 22.0 Å². The highest BCUT2D eigenvalue weighted by Crippen LogP contribution is 2.40. The minimum atomic E-state index is -3.91. The quantitative estimate of drug-likeness (QED) is 0.881. The predicted octanol–water partition coefficient (Wildman–Crippen LogP) is 0.653. The lowest BCUT2D eigenvalue weighted by Gasteiger charge is -2.21. The number of carboxylic acid groups (broad SMARTS) is 1. The zero-order valence-electron chi connectivity index (χ0n) is 10.5. The lowest BCUT2D eigenvalue weighted by molar-refractivity contribution is -0.140. The van der Waals surface area contributed by atoms with Crippen LogP contribution < -0.4 is 9.47 Å². The zero-order valence-corrected chi connectivity index (χ0v) is 11.3. The van der Waals surface area contributed by atoms with Gasteiger partial charge in [-0.05, 0) is 25.0 Å². The Morgan fingerprint density at radius 1 is 1.35 bits per heavy atom. The van der Waals surface area contributed by atoms with E-state index in [-0.39, 0.29) is 24.0 Å². The van der Waals surface area contributed by atoms with E-state index >= 15 is 0 Å². The number of fused-ring (bicyclic) bond motifs is 1. The molecule has 3 rings (SSSR count). The number of aliphatic carboxylic acids is 1. The Hall–Kier alpha value is -1.80. The molecule has 20 heavy (non-hydrogen) atoms. The van der Waals surface area contributed by atoms with E-state index in [1.807, 2.05) is 0 Å². The van der Waals surface area contributed by atoms with Crippen LogP contribution in [0.15, 0.2) is 23.1 Å². The maximum atomic E-state index is 12.6. The van der Waals surface area contributed by atoms with Crippen molar-refractivity contribution in [2.75, 3.05) is 13.3 Å². The Labute approximate surface area is 115 Å². The molecule has 1 aromatic rings. The van der Waals surface area contributed by atoms with Crippen molar-refractivity contribution >= 4 is 16.0 Å². The van der Waals surface area contributed by atoms with Gasteiger partial charge in [0.1, 0.15) is 10.9 Å². The van der Waals surface area contributed by atoms with Gasteiger partial charge in [-0.3, -0.25) is 4.79 Å². The van der Waals surface area contributed by atoms with Crippen molar-refractivity contribution in [3.8, 4) is 11.5 Å². The van der Waals surface area contributed by atoms with Crippen LogP contribution in [-0.2, 0) is 14.8 Å². The highest BCUT2D eigenvalue weighted by molar-refractivity contribution is 7.89. The van der Waals surface area contributed by atoms with Gasteiger partial charge in [-0.2, -0.15) is 4.31 Å². The molecule has 0 saturated carbocycles. The number of carbonyl (C=O) groups is 1. The standard InChI is InChI=1S/C12H13NO6S/c14-12(15)8-3-2-6-13(8)20(16,17)10-5-1-4-9-11(10)19-7-18-9/h1,4-5,8H,2-3,6-7H2,(H,14,15). The number of hydrogen-bond donors (Lipinski definition) is 1. The van der Waals surface area contributed by atoms with E-state index in [1.54, 1.807) is 12.1 Å². The van der Waals surface area contributed by atoms with Crippen molar-refractivity contribution in [2.45, 2.75) is 23.8 Å². The molecule has 8 heteroatoms. The molecule has 1 saturated heterocycles. The maximum absolute atomic E-state index is 12.6. The molecular formula is C12H13NO6S. The van der Waals surface area contributed by atoms with Gasteiger partial charge >= 0.3 is 5.97 Å². The molecule has 1 unspecified atom stereocenters. The van der Waals surface area contributed by atoms with Crippen molar-refractivity contribution in [1.82, 2.24) is 4.31 Å². The van der Waals surface area contributed by atoms with Gasteiger partial charge < -0.3 is 14.6 Å². The number of sulfonamides is 1. The number of rotatable bonds is 3. The van der Waals surface area contributed by atoms with E-state index in [1.165, 1.54) is 6.07 Å². The molecule has 0 bridgehead atoms. The van der Waals surface area contributed by atoms with Crippen LogP contribution in [0.1, 0.15) is 12.8 Å². The maximum Gasteiger partial charge on any atom is 0.322 e. The number of hydrogen-bond acceptors (Lipinski definition) is 5. The Morgan fingerprint density at radius 3 is 2.90 bits per heavy atom. The van der Waals surface area contributed by atoms with Gasteiger partial charge in [-0.15, -0.1) is 0 Å². The Bertz CT molecular complexity index is 656. The van der Waals surface area contributed by atoms with Crippen LogP contribution in [0.2, 0.25) is 0 Å². The SMILES string of the molecule is O=C(O)C1CCCN1S(=O)(=O)c1cccc2c1OCO2. The molecule has 108 valence electrons. The van der Waals surface area contributed by atoms with Gasteiger partial charge in [0.2, 0.25) is 16.8 Å². The first-order chi connectivity index (χ1) is 9.51. The molecule has 7 nitrogen and oxygen atoms in total. The molecule has 2 aliphatic heterocycles. The van der Waals surface area contributed by atoms with Crippen molar-refractivity contribution < 1.29 is 27.8 Å². The molecule has 1 aromatic carbocycles. The van der Waals surface area contributed by atoms with Crippen LogP contribution >= 0.6 is 0 Å². The molecule has 1 fully saturated rings. The first kappa shape index (κ1) is 13.2. The monoisotopic (exact) mass is 299 g/mol. The van der Waals surface area contributed by atoms with Gasteiger partial charge in [0, 0.05) is 6.54 Å². The predicted molar refractivity (Wildman–Crippen MR) is 67.1 cm³/mol. The summed E-state index contributed by atoms with van der Waals surface area (Å²) >= 11 is 0. The first-order valence-corrected chi connectivity index (χ1v) is 7.59. The summed E-state index contributed by atoms with van der Waals surface area (Å²) < 4.78 is 36.6. The Balaban J connectivity index is 2.05. The fourth-order valence-electron chi connectivity index (χ4n) is 2.51. The van der Waals surface area contributed by atoms with Gasteiger partial charge in [0.05, 0.1) is 0 Å². The topological polar surface area (TPSA) is 93.1 Å². The normalized spacial score (nSPS) is 22.1. The zero-order chi connectivity index (χ0) is 14.3. The third-order valence-corrected chi connectivity index (χ3v) is 5.37. The van der Waals surface area contributed by atoms with Gasteiger partial charge in [0.15, 0.2) is 11.5 Å². The summed E-state index contributed by atoms with van der Waals surface area (Å²) in [4.78, 5) is 11.1. The molecule has 2 heterocycles. The van der Waals surface area contributed by atoms with E-state index in [0.29, 0.717) is 18.6 Å². The first-order valence-electron chi connectivity index (χ1n) is 6.15. The molecule has 0 spiro atoms. The van der Waals surface area contributed by atoms with Gasteiger partial charge in [-0.1, -0.05) is 6.07 Å².